The fourth-order valence-electron chi connectivity index (χ4n) is 3.51. The average Bonchev–Trinajstić information content (AvgIpc) is 2.39. The Labute approximate surface area is 114 Å². The molecule has 2 fully saturated rings. The van der Waals surface area contributed by atoms with Gasteiger partial charge in [0.15, 0.2) is 0 Å². The van der Waals surface area contributed by atoms with Gasteiger partial charge in [0.1, 0.15) is 0 Å². The van der Waals surface area contributed by atoms with Crippen LogP contribution in [0, 0.1) is 5.41 Å². The molecule has 19 heavy (non-hydrogen) atoms. The summed E-state index contributed by atoms with van der Waals surface area (Å²) in [7, 11) is 0. The SMILES string of the molecule is NC(CC(=O)O)C(=O)N1CCC2(CCCCC2)CC1. The Morgan fingerprint density at radius 2 is 1.68 bits per heavy atom. The zero-order valence-electron chi connectivity index (χ0n) is 11.4. The van der Waals surface area contributed by atoms with Crippen molar-refractivity contribution in [3.63, 3.8) is 0 Å². The molecule has 0 aromatic heterocycles. The van der Waals surface area contributed by atoms with Gasteiger partial charge >= 0.3 is 5.97 Å². The van der Waals surface area contributed by atoms with Crippen LogP contribution in [0.4, 0.5) is 0 Å². The number of carboxylic acids is 1. The number of carbonyl (C=O) groups excluding carboxylic acids is 1. The van der Waals surface area contributed by atoms with Gasteiger partial charge < -0.3 is 15.7 Å². The van der Waals surface area contributed by atoms with E-state index in [0.717, 1.165) is 25.9 Å². The molecule has 1 saturated heterocycles. The van der Waals surface area contributed by atoms with E-state index in [0.29, 0.717) is 5.41 Å². The Hall–Kier alpha value is -1.10. The van der Waals surface area contributed by atoms with Gasteiger partial charge in [-0.25, -0.2) is 0 Å². The monoisotopic (exact) mass is 268 g/mol. The molecule has 1 spiro atoms. The molecule has 2 aliphatic rings. The summed E-state index contributed by atoms with van der Waals surface area (Å²) in [5, 5.41) is 8.68. The summed E-state index contributed by atoms with van der Waals surface area (Å²) < 4.78 is 0. The van der Waals surface area contributed by atoms with Crippen LogP contribution >= 0.6 is 0 Å². The normalized spacial score (nSPS) is 24.2. The summed E-state index contributed by atoms with van der Waals surface area (Å²) in [5.41, 5.74) is 6.10. The molecule has 5 heteroatoms. The molecule has 1 aliphatic carbocycles. The molecule has 1 heterocycles. The molecule has 0 aromatic rings. The molecule has 108 valence electrons. The molecular formula is C14H24N2O3. The molecule has 1 amide bonds. The second-order valence-electron chi connectivity index (χ2n) is 6.09. The van der Waals surface area contributed by atoms with Crippen molar-refractivity contribution >= 4 is 11.9 Å². The first-order chi connectivity index (χ1) is 9.02. The Balaban J connectivity index is 1.85. The number of nitrogens with zero attached hydrogens (tertiary/aromatic N) is 1. The minimum atomic E-state index is -1.01. The van der Waals surface area contributed by atoms with Gasteiger partial charge in [-0.1, -0.05) is 19.3 Å². The first-order valence-corrected chi connectivity index (χ1v) is 7.29. The average molecular weight is 268 g/mol. The van der Waals surface area contributed by atoms with Crippen molar-refractivity contribution in [2.45, 2.75) is 57.4 Å². The molecular weight excluding hydrogens is 244 g/mol. The van der Waals surface area contributed by atoms with E-state index < -0.39 is 12.0 Å². The lowest BCUT2D eigenvalue weighted by molar-refractivity contribution is -0.143. The van der Waals surface area contributed by atoms with E-state index in [2.05, 4.69) is 0 Å². The van der Waals surface area contributed by atoms with E-state index in [4.69, 9.17) is 10.8 Å². The van der Waals surface area contributed by atoms with E-state index in [1.807, 2.05) is 0 Å². The second-order valence-corrected chi connectivity index (χ2v) is 6.09. The molecule has 0 aromatic carbocycles. The molecule has 1 atom stereocenters. The largest absolute Gasteiger partial charge is 0.481 e. The first kappa shape index (κ1) is 14.3. The minimum Gasteiger partial charge on any atom is -0.481 e. The maximum atomic E-state index is 12.0. The van der Waals surface area contributed by atoms with Crippen molar-refractivity contribution in [2.75, 3.05) is 13.1 Å². The number of nitrogens with two attached hydrogens (primary N) is 1. The number of aliphatic carboxylic acids is 1. The third-order valence-electron chi connectivity index (χ3n) is 4.76. The summed E-state index contributed by atoms with van der Waals surface area (Å²) >= 11 is 0. The highest BCUT2D eigenvalue weighted by Gasteiger charge is 2.37. The predicted octanol–water partition coefficient (Wildman–Crippen LogP) is 1.36. The van der Waals surface area contributed by atoms with Crippen molar-refractivity contribution in [1.82, 2.24) is 4.90 Å². The summed E-state index contributed by atoms with van der Waals surface area (Å²) in [6.07, 6.45) is 8.37. The highest BCUT2D eigenvalue weighted by Crippen LogP contribution is 2.44. The molecule has 3 N–H and O–H groups in total. The minimum absolute atomic E-state index is 0.201. The summed E-state index contributed by atoms with van der Waals surface area (Å²) in [6, 6.07) is -0.891. The van der Waals surface area contributed by atoms with Crippen molar-refractivity contribution in [3.8, 4) is 0 Å². The van der Waals surface area contributed by atoms with Crippen LogP contribution in [0.1, 0.15) is 51.4 Å². The number of piperidine rings is 1. The number of hydrogen-bond acceptors (Lipinski definition) is 3. The van der Waals surface area contributed by atoms with E-state index in [9.17, 15) is 9.59 Å². The van der Waals surface area contributed by atoms with Crippen LogP contribution in [0.25, 0.3) is 0 Å². The Kier molecular flexibility index (Phi) is 4.45. The Morgan fingerprint density at radius 3 is 2.21 bits per heavy atom. The molecule has 0 radical (unpaired) electrons. The highest BCUT2D eigenvalue weighted by atomic mass is 16.4. The van der Waals surface area contributed by atoms with Crippen LogP contribution < -0.4 is 5.73 Å². The third-order valence-corrected chi connectivity index (χ3v) is 4.76. The van der Waals surface area contributed by atoms with Crippen LogP contribution in [0.3, 0.4) is 0 Å². The van der Waals surface area contributed by atoms with Gasteiger partial charge in [-0.15, -0.1) is 0 Å². The lowest BCUT2D eigenvalue weighted by Crippen LogP contribution is -2.50. The van der Waals surface area contributed by atoms with Gasteiger partial charge in [-0.3, -0.25) is 9.59 Å². The van der Waals surface area contributed by atoms with Gasteiger partial charge in [0.25, 0.3) is 0 Å². The Morgan fingerprint density at radius 1 is 1.11 bits per heavy atom. The van der Waals surface area contributed by atoms with E-state index in [-0.39, 0.29) is 12.3 Å². The zero-order valence-corrected chi connectivity index (χ0v) is 11.4. The van der Waals surface area contributed by atoms with Crippen molar-refractivity contribution in [1.29, 1.82) is 0 Å². The highest BCUT2D eigenvalue weighted by molar-refractivity contribution is 5.86. The van der Waals surface area contributed by atoms with Gasteiger partial charge in [0.05, 0.1) is 12.5 Å². The van der Waals surface area contributed by atoms with E-state index >= 15 is 0 Å². The number of hydrogen-bond donors (Lipinski definition) is 2. The van der Waals surface area contributed by atoms with Gasteiger partial charge in [-0.2, -0.15) is 0 Å². The number of carbonyl (C=O) groups is 2. The van der Waals surface area contributed by atoms with Gasteiger partial charge in [-0.05, 0) is 31.1 Å². The van der Waals surface area contributed by atoms with Crippen molar-refractivity contribution < 1.29 is 14.7 Å². The Bertz CT molecular complexity index is 341. The second kappa shape index (κ2) is 5.90. The smallest absolute Gasteiger partial charge is 0.305 e. The standard InChI is InChI=1S/C14H24N2O3/c15-11(10-12(17)18)13(19)16-8-6-14(7-9-16)4-2-1-3-5-14/h11H,1-10,15H2,(H,17,18). The summed E-state index contributed by atoms with van der Waals surface area (Å²) in [6.45, 7) is 1.48. The molecule has 1 unspecified atom stereocenters. The first-order valence-electron chi connectivity index (χ1n) is 7.29. The number of likely N-dealkylation sites (tertiary alicyclic amines) is 1. The van der Waals surface area contributed by atoms with Crippen molar-refractivity contribution in [2.24, 2.45) is 11.1 Å². The van der Waals surface area contributed by atoms with Crippen LogP contribution in [0.2, 0.25) is 0 Å². The fraction of sp³-hybridized carbons (Fsp3) is 0.857. The lowest BCUT2D eigenvalue weighted by Gasteiger charge is -2.44. The third kappa shape index (κ3) is 3.47. The molecule has 2 rings (SSSR count). The van der Waals surface area contributed by atoms with E-state index in [1.54, 1.807) is 4.90 Å². The number of amides is 1. The number of carboxylic acid groups (broad SMARTS) is 1. The van der Waals surface area contributed by atoms with Crippen LogP contribution in [-0.2, 0) is 9.59 Å². The molecule has 5 nitrogen and oxygen atoms in total. The van der Waals surface area contributed by atoms with Crippen LogP contribution in [0.5, 0.6) is 0 Å². The summed E-state index contributed by atoms with van der Waals surface area (Å²) in [4.78, 5) is 24.4. The quantitative estimate of drug-likeness (QED) is 0.809. The predicted molar refractivity (Wildman–Crippen MR) is 71.6 cm³/mol. The van der Waals surface area contributed by atoms with Crippen LogP contribution in [0.15, 0.2) is 0 Å². The van der Waals surface area contributed by atoms with Crippen LogP contribution in [-0.4, -0.2) is 41.0 Å². The van der Waals surface area contributed by atoms with E-state index in [1.165, 1.54) is 32.1 Å². The van der Waals surface area contributed by atoms with Crippen molar-refractivity contribution in [3.05, 3.63) is 0 Å². The molecule has 1 saturated carbocycles. The van der Waals surface area contributed by atoms with Gasteiger partial charge in [0, 0.05) is 13.1 Å². The molecule has 0 bridgehead atoms. The maximum absolute atomic E-state index is 12.0. The topological polar surface area (TPSA) is 83.6 Å². The van der Waals surface area contributed by atoms with Gasteiger partial charge in [0.2, 0.25) is 5.91 Å². The fourth-order valence-corrected chi connectivity index (χ4v) is 3.51. The molecule has 1 aliphatic heterocycles. The maximum Gasteiger partial charge on any atom is 0.305 e. The zero-order chi connectivity index (χ0) is 13.9. The number of rotatable bonds is 3. The summed E-state index contributed by atoms with van der Waals surface area (Å²) in [5.74, 6) is -1.21. The lowest BCUT2D eigenvalue weighted by atomic mass is 9.68.